The van der Waals surface area contributed by atoms with Crippen molar-refractivity contribution in [1.82, 2.24) is 3.97 Å². The Kier molecular flexibility index (Phi) is 5.51. The van der Waals surface area contributed by atoms with Crippen LogP contribution >= 0.6 is 39.1 Å². The fourth-order valence-electron chi connectivity index (χ4n) is 3.27. The highest BCUT2D eigenvalue weighted by Gasteiger charge is 2.28. The van der Waals surface area contributed by atoms with E-state index in [1.807, 2.05) is 0 Å². The molecule has 0 radical (unpaired) electrons. The molecule has 0 fully saturated rings. The van der Waals surface area contributed by atoms with Gasteiger partial charge in [-0.15, -0.1) is 0 Å². The van der Waals surface area contributed by atoms with Crippen molar-refractivity contribution in [3.8, 4) is 17.0 Å². The second kappa shape index (κ2) is 7.87. The van der Waals surface area contributed by atoms with E-state index in [9.17, 15) is 23.4 Å². The zero-order valence-electron chi connectivity index (χ0n) is 15.4. The van der Waals surface area contributed by atoms with Gasteiger partial charge < -0.3 is 10.2 Å². The van der Waals surface area contributed by atoms with Gasteiger partial charge in [0.2, 0.25) is 0 Å². The maximum Gasteiger partial charge on any atom is 0.335 e. The number of hydrogen-bond donors (Lipinski definition) is 2. The summed E-state index contributed by atoms with van der Waals surface area (Å²) in [5.74, 6) is -1.74. The Morgan fingerprint density at radius 2 is 1.74 bits per heavy atom. The summed E-state index contributed by atoms with van der Waals surface area (Å²) in [4.78, 5) is 11.0. The third kappa shape index (κ3) is 3.80. The van der Waals surface area contributed by atoms with E-state index in [0.717, 1.165) is 3.97 Å². The molecule has 158 valence electrons. The molecule has 4 aromatic rings. The van der Waals surface area contributed by atoms with Crippen LogP contribution in [0.25, 0.3) is 22.2 Å². The lowest BCUT2D eigenvalue weighted by molar-refractivity contribution is 0.0697. The van der Waals surface area contributed by atoms with Crippen molar-refractivity contribution in [2.45, 2.75) is 4.90 Å². The molecular weight excluding hydrogens is 529 g/mol. The first kappa shape index (κ1) is 21.7. The number of benzene rings is 3. The summed E-state index contributed by atoms with van der Waals surface area (Å²) in [6.45, 7) is 0. The topological polar surface area (TPSA) is 96.6 Å². The second-order valence-electron chi connectivity index (χ2n) is 6.62. The van der Waals surface area contributed by atoms with Crippen molar-refractivity contribution >= 4 is 66.0 Å². The Hall–Kier alpha value is -2.52. The van der Waals surface area contributed by atoms with Crippen LogP contribution in [-0.2, 0) is 10.0 Å². The van der Waals surface area contributed by atoms with E-state index in [0.29, 0.717) is 26.0 Å². The largest absolute Gasteiger partial charge is 0.505 e. The molecule has 0 saturated carbocycles. The molecule has 1 aromatic heterocycles. The number of carbonyl (C=O) groups is 1. The number of carboxylic acid groups (broad SMARTS) is 1. The van der Waals surface area contributed by atoms with Crippen LogP contribution in [0.5, 0.6) is 5.75 Å². The number of phenolic OH excluding ortho intramolecular Hbond substituents is 1. The highest BCUT2D eigenvalue weighted by atomic mass is 79.9. The Morgan fingerprint density at radius 1 is 1.00 bits per heavy atom. The smallest absolute Gasteiger partial charge is 0.335 e. The molecule has 0 saturated heterocycles. The molecule has 10 heteroatoms. The lowest BCUT2D eigenvalue weighted by Crippen LogP contribution is -2.14. The Labute approximate surface area is 195 Å². The van der Waals surface area contributed by atoms with Crippen molar-refractivity contribution < 1.29 is 23.4 Å². The summed E-state index contributed by atoms with van der Waals surface area (Å²) in [5, 5.41) is 20.5. The molecule has 2 N–H and O–H groups in total. The van der Waals surface area contributed by atoms with Crippen LogP contribution in [0.2, 0.25) is 10.0 Å². The van der Waals surface area contributed by atoms with Crippen LogP contribution in [0.3, 0.4) is 0 Å². The number of aromatic carboxylic acids is 1. The van der Waals surface area contributed by atoms with E-state index in [4.69, 9.17) is 23.2 Å². The average molecular weight is 541 g/mol. The van der Waals surface area contributed by atoms with E-state index in [-0.39, 0.29) is 16.3 Å². The summed E-state index contributed by atoms with van der Waals surface area (Å²) >= 11 is 15.3. The standard InChI is InChI=1S/C21H12BrCl2NO5S/c22-14-9-16(24)20(26)19(10-14)31(29,30)25-17-5-4-15(23)7-13(17)8-18(25)11-2-1-3-12(6-11)21(27)28/h1-10,26H,(H,27,28). The molecule has 0 aliphatic heterocycles. The van der Waals surface area contributed by atoms with Crippen molar-refractivity contribution in [2.75, 3.05) is 0 Å². The molecule has 0 amide bonds. The normalized spacial score (nSPS) is 11.7. The van der Waals surface area contributed by atoms with Crippen molar-refractivity contribution in [3.63, 3.8) is 0 Å². The quantitative estimate of drug-likeness (QED) is 0.330. The minimum absolute atomic E-state index is 0.00177. The van der Waals surface area contributed by atoms with Crippen LogP contribution in [0.15, 0.2) is 70.0 Å². The summed E-state index contributed by atoms with van der Waals surface area (Å²) < 4.78 is 28.8. The first-order valence-corrected chi connectivity index (χ1v) is 11.7. The average Bonchev–Trinajstić information content (AvgIpc) is 3.10. The molecule has 0 aliphatic carbocycles. The van der Waals surface area contributed by atoms with Gasteiger partial charge in [0.15, 0.2) is 5.75 Å². The summed E-state index contributed by atoms with van der Waals surface area (Å²) in [7, 11) is -4.36. The summed E-state index contributed by atoms with van der Waals surface area (Å²) in [6, 6.07) is 14.8. The highest BCUT2D eigenvalue weighted by molar-refractivity contribution is 9.10. The van der Waals surface area contributed by atoms with Gasteiger partial charge in [0.25, 0.3) is 10.0 Å². The van der Waals surface area contributed by atoms with Crippen LogP contribution in [0.4, 0.5) is 0 Å². The van der Waals surface area contributed by atoms with Crippen molar-refractivity contribution in [2.24, 2.45) is 0 Å². The third-order valence-corrected chi connectivity index (χ3v) is 7.36. The van der Waals surface area contributed by atoms with Crippen LogP contribution in [0.1, 0.15) is 10.4 Å². The van der Waals surface area contributed by atoms with Gasteiger partial charge in [0, 0.05) is 20.4 Å². The van der Waals surface area contributed by atoms with Crippen molar-refractivity contribution in [3.05, 3.63) is 80.7 Å². The first-order valence-electron chi connectivity index (χ1n) is 8.68. The number of aromatic hydroxyl groups is 1. The van der Waals surface area contributed by atoms with Crippen LogP contribution < -0.4 is 0 Å². The molecular formula is C21H12BrCl2NO5S. The summed E-state index contributed by atoms with van der Waals surface area (Å²) in [5.41, 5.74) is 0.862. The van der Waals surface area contributed by atoms with Gasteiger partial charge in [-0.25, -0.2) is 17.2 Å². The van der Waals surface area contributed by atoms with E-state index >= 15 is 0 Å². The monoisotopic (exact) mass is 539 g/mol. The number of halogens is 3. The maximum atomic E-state index is 13.7. The Balaban J connectivity index is 2.10. The van der Waals surface area contributed by atoms with Gasteiger partial charge in [-0.1, -0.05) is 51.3 Å². The summed E-state index contributed by atoms with van der Waals surface area (Å²) in [6.07, 6.45) is 0. The van der Waals surface area contributed by atoms with Gasteiger partial charge in [-0.3, -0.25) is 0 Å². The molecule has 0 unspecified atom stereocenters. The fraction of sp³-hybridized carbons (Fsp3) is 0. The number of carboxylic acids is 1. The van der Waals surface area contributed by atoms with Gasteiger partial charge in [-0.2, -0.15) is 0 Å². The van der Waals surface area contributed by atoms with E-state index in [1.165, 1.54) is 36.4 Å². The number of nitrogens with zero attached hydrogens (tertiary/aromatic N) is 1. The van der Waals surface area contributed by atoms with E-state index in [1.54, 1.807) is 24.3 Å². The van der Waals surface area contributed by atoms with E-state index in [2.05, 4.69) is 15.9 Å². The Morgan fingerprint density at radius 3 is 2.45 bits per heavy atom. The van der Waals surface area contributed by atoms with Gasteiger partial charge in [0.05, 0.1) is 21.8 Å². The zero-order chi connectivity index (χ0) is 22.5. The second-order valence-corrected chi connectivity index (χ2v) is 10.1. The number of phenols is 1. The zero-order valence-corrected chi connectivity index (χ0v) is 19.3. The SMILES string of the molecule is O=C(O)c1cccc(-c2cc3cc(Cl)ccc3n2S(=O)(=O)c2cc(Br)cc(Cl)c2O)c1. The van der Waals surface area contributed by atoms with Crippen LogP contribution in [0, 0.1) is 0 Å². The highest BCUT2D eigenvalue weighted by Crippen LogP contribution is 2.39. The number of aromatic nitrogens is 1. The maximum absolute atomic E-state index is 13.7. The van der Waals surface area contributed by atoms with Gasteiger partial charge >= 0.3 is 5.97 Å². The third-order valence-electron chi connectivity index (χ3n) is 4.64. The molecule has 6 nitrogen and oxygen atoms in total. The van der Waals surface area contributed by atoms with E-state index < -0.39 is 26.6 Å². The van der Waals surface area contributed by atoms with Gasteiger partial charge in [0.1, 0.15) is 4.90 Å². The van der Waals surface area contributed by atoms with Crippen molar-refractivity contribution in [1.29, 1.82) is 0 Å². The van der Waals surface area contributed by atoms with Crippen LogP contribution in [-0.4, -0.2) is 28.6 Å². The molecule has 3 aromatic carbocycles. The molecule has 0 atom stereocenters. The van der Waals surface area contributed by atoms with Gasteiger partial charge in [-0.05, 0) is 48.5 Å². The Bertz CT molecular complexity index is 1480. The molecule has 4 rings (SSSR count). The minimum Gasteiger partial charge on any atom is -0.505 e. The molecule has 0 bridgehead atoms. The lowest BCUT2D eigenvalue weighted by Gasteiger charge is -2.14. The number of rotatable bonds is 4. The lowest BCUT2D eigenvalue weighted by atomic mass is 10.1. The fourth-order valence-corrected chi connectivity index (χ4v) is 6.14. The number of fused-ring (bicyclic) bond motifs is 1. The molecule has 0 aliphatic rings. The predicted octanol–water partition coefficient (Wildman–Crippen LogP) is 6.02. The predicted molar refractivity (Wildman–Crippen MR) is 123 cm³/mol. The molecule has 0 spiro atoms. The minimum atomic E-state index is -4.36. The first-order chi connectivity index (χ1) is 14.6. The molecule has 1 heterocycles. The molecule has 31 heavy (non-hydrogen) atoms. The number of hydrogen-bond acceptors (Lipinski definition) is 4.